The molecule has 1 saturated heterocycles. The summed E-state index contributed by atoms with van der Waals surface area (Å²) in [5, 5.41) is 3.50. The van der Waals surface area contributed by atoms with Crippen molar-refractivity contribution in [1.29, 1.82) is 0 Å². The molecule has 2 fully saturated rings. The Hall–Kier alpha value is -0.0400. The maximum atomic E-state index is 3.50. The largest absolute Gasteiger partial charge is 0.316 e. The van der Waals surface area contributed by atoms with Crippen molar-refractivity contribution in [2.75, 3.05) is 13.1 Å². The van der Waals surface area contributed by atoms with Gasteiger partial charge in [-0.15, -0.1) is 0 Å². The summed E-state index contributed by atoms with van der Waals surface area (Å²) >= 11 is 0. The van der Waals surface area contributed by atoms with Crippen LogP contribution in [-0.2, 0) is 0 Å². The van der Waals surface area contributed by atoms with Gasteiger partial charge >= 0.3 is 0 Å². The van der Waals surface area contributed by atoms with Gasteiger partial charge < -0.3 is 5.32 Å². The lowest BCUT2D eigenvalue weighted by Gasteiger charge is -2.31. The van der Waals surface area contributed by atoms with Gasteiger partial charge in [-0.25, -0.2) is 0 Å². The molecule has 1 heteroatoms. The van der Waals surface area contributed by atoms with Crippen LogP contribution in [0.2, 0.25) is 0 Å². The van der Waals surface area contributed by atoms with Crippen LogP contribution in [0.1, 0.15) is 32.6 Å². The number of nitrogens with one attached hydrogen (secondary N) is 1. The fraction of sp³-hybridized carbons (Fsp3) is 1.00. The number of hydrogen-bond donors (Lipinski definition) is 1. The maximum absolute atomic E-state index is 3.50. The molecule has 1 N–H and O–H groups in total. The Kier molecular flexibility index (Phi) is 1.48. The van der Waals surface area contributed by atoms with E-state index in [9.17, 15) is 0 Å². The van der Waals surface area contributed by atoms with Gasteiger partial charge in [-0.1, -0.05) is 13.3 Å². The van der Waals surface area contributed by atoms with Crippen LogP contribution in [0.25, 0.3) is 0 Å². The highest BCUT2D eigenvalue weighted by molar-refractivity contribution is 5.01. The predicted octanol–water partition coefficient (Wildman–Crippen LogP) is 1.79. The molecule has 1 spiro atoms. The maximum Gasteiger partial charge on any atom is 0.00105 e. The molecular weight excluding hydrogens is 122 g/mol. The minimum atomic E-state index is 0.785. The second-order valence-corrected chi connectivity index (χ2v) is 3.93. The Labute approximate surface area is 63.2 Å². The van der Waals surface area contributed by atoms with Crippen molar-refractivity contribution in [2.45, 2.75) is 32.6 Å². The standard InChI is InChI=1S/C9H17N/c1-2-8-3-6-10-7-9(8)4-5-9/h8,10H,2-7H2,1H3. The van der Waals surface area contributed by atoms with Gasteiger partial charge in [0.1, 0.15) is 0 Å². The number of hydrogen-bond acceptors (Lipinski definition) is 1. The summed E-state index contributed by atoms with van der Waals surface area (Å²) in [6.07, 6.45) is 5.83. The third-order valence-electron chi connectivity index (χ3n) is 3.40. The molecule has 0 aromatic rings. The fourth-order valence-corrected chi connectivity index (χ4v) is 2.45. The zero-order chi connectivity index (χ0) is 7.03. The van der Waals surface area contributed by atoms with Crippen LogP contribution in [0.15, 0.2) is 0 Å². The van der Waals surface area contributed by atoms with E-state index in [4.69, 9.17) is 0 Å². The van der Waals surface area contributed by atoms with Crippen molar-refractivity contribution in [1.82, 2.24) is 5.32 Å². The van der Waals surface area contributed by atoms with Crippen LogP contribution < -0.4 is 5.32 Å². The van der Waals surface area contributed by atoms with Crippen molar-refractivity contribution in [2.24, 2.45) is 11.3 Å². The highest BCUT2D eigenvalue weighted by Crippen LogP contribution is 2.54. The molecule has 1 heterocycles. The van der Waals surface area contributed by atoms with E-state index in [2.05, 4.69) is 12.2 Å². The van der Waals surface area contributed by atoms with Crippen LogP contribution in [0.5, 0.6) is 0 Å². The summed E-state index contributed by atoms with van der Waals surface area (Å²) in [4.78, 5) is 0. The van der Waals surface area contributed by atoms with E-state index in [1.54, 1.807) is 0 Å². The van der Waals surface area contributed by atoms with Gasteiger partial charge in [0.15, 0.2) is 0 Å². The van der Waals surface area contributed by atoms with Gasteiger partial charge in [0.2, 0.25) is 0 Å². The minimum Gasteiger partial charge on any atom is -0.316 e. The van der Waals surface area contributed by atoms with Crippen LogP contribution >= 0.6 is 0 Å². The summed E-state index contributed by atoms with van der Waals surface area (Å²) in [5.41, 5.74) is 0.785. The number of piperidine rings is 1. The zero-order valence-electron chi connectivity index (χ0n) is 6.82. The smallest absolute Gasteiger partial charge is 0.00105 e. The summed E-state index contributed by atoms with van der Waals surface area (Å²) < 4.78 is 0. The molecule has 1 nitrogen and oxygen atoms in total. The van der Waals surface area contributed by atoms with Crippen molar-refractivity contribution in [3.8, 4) is 0 Å². The third-order valence-corrected chi connectivity index (χ3v) is 3.40. The van der Waals surface area contributed by atoms with E-state index in [0.717, 1.165) is 11.3 Å². The molecule has 0 aromatic heterocycles. The molecular formula is C9H17N. The predicted molar refractivity (Wildman–Crippen MR) is 42.9 cm³/mol. The molecule has 1 aliphatic heterocycles. The molecule has 1 saturated carbocycles. The van der Waals surface area contributed by atoms with Crippen LogP contribution in [-0.4, -0.2) is 13.1 Å². The second-order valence-electron chi connectivity index (χ2n) is 3.93. The fourth-order valence-electron chi connectivity index (χ4n) is 2.45. The van der Waals surface area contributed by atoms with E-state index in [-0.39, 0.29) is 0 Å². The molecule has 1 unspecified atom stereocenters. The van der Waals surface area contributed by atoms with E-state index < -0.39 is 0 Å². The Balaban J connectivity index is 2.01. The lowest BCUT2D eigenvalue weighted by Crippen LogP contribution is -2.37. The summed E-state index contributed by atoms with van der Waals surface area (Å²) in [6, 6.07) is 0. The molecule has 2 aliphatic rings. The van der Waals surface area contributed by atoms with Gasteiger partial charge in [-0.3, -0.25) is 0 Å². The number of rotatable bonds is 1. The van der Waals surface area contributed by atoms with Gasteiger partial charge in [-0.05, 0) is 37.1 Å². The van der Waals surface area contributed by atoms with Gasteiger partial charge in [-0.2, -0.15) is 0 Å². The molecule has 1 aliphatic carbocycles. The first kappa shape index (κ1) is 6.66. The third kappa shape index (κ3) is 0.878. The van der Waals surface area contributed by atoms with Crippen LogP contribution in [0, 0.1) is 11.3 Å². The molecule has 0 radical (unpaired) electrons. The summed E-state index contributed by atoms with van der Waals surface area (Å²) in [6.45, 7) is 4.92. The highest BCUT2D eigenvalue weighted by atomic mass is 14.9. The van der Waals surface area contributed by atoms with Gasteiger partial charge in [0, 0.05) is 6.54 Å². The van der Waals surface area contributed by atoms with Crippen molar-refractivity contribution >= 4 is 0 Å². The van der Waals surface area contributed by atoms with E-state index in [0.29, 0.717) is 0 Å². The quantitative estimate of drug-likeness (QED) is 0.584. The topological polar surface area (TPSA) is 12.0 Å². The molecule has 0 amide bonds. The second kappa shape index (κ2) is 2.23. The SMILES string of the molecule is CCC1CCNCC12CC2. The lowest BCUT2D eigenvalue weighted by atomic mass is 9.82. The minimum absolute atomic E-state index is 0.785. The Morgan fingerprint density at radius 1 is 1.50 bits per heavy atom. The van der Waals surface area contributed by atoms with E-state index in [1.807, 2.05) is 0 Å². The van der Waals surface area contributed by atoms with Crippen LogP contribution in [0.4, 0.5) is 0 Å². The molecule has 1 atom stereocenters. The van der Waals surface area contributed by atoms with E-state index in [1.165, 1.54) is 38.8 Å². The van der Waals surface area contributed by atoms with Gasteiger partial charge in [0.05, 0.1) is 0 Å². The lowest BCUT2D eigenvalue weighted by molar-refractivity contribution is 0.225. The first-order chi connectivity index (χ1) is 4.87. The average Bonchev–Trinajstić information content (AvgIpc) is 2.71. The van der Waals surface area contributed by atoms with Crippen molar-refractivity contribution < 1.29 is 0 Å². The zero-order valence-corrected chi connectivity index (χ0v) is 6.82. The highest BCUT2D eigenvalue weighted by Gasteiger charge is 2.48. The molecule has 0 aromatic carbocycles. The normalized spacial score (nSPS) is 36.3. The Morgan fingerprint density at radius 3 is 2.80 bits per heavy atom. The van der Waals surface area contributed by atoms with Gasteiger partial charge in [0.25, 0.3) is 0 Å². The van der Waals surface area contributed by atoms with Crippen molar-refractivity contribution in [3.05, 3.63) is 0 Å². The van der Waals surface area contributed by atoms with Crippen LogP contribution in [0.3, 0.4) is 0 Å². The molecule has 0 bridgehead atoms. The monoisotopic (exact) mass is 139 g/mol. The molecule has 2 rings (SSSR count). The molecule has 10 heavy (non-hydrogen) atoms. The Morgan fingerprint density at radius 2 is 2.30 bits per heavy atom. The first-order valence-corrected chi connectivity index (χ1v) is 4.58. The Bertz CT molecular complexity index is 127. The first-order valence-electron chi connectivity index (χ1n) is 4.58. The average molecular weight is 139 g/mol. The van der Waals surface area contributed by atoms with E-state index >= 15 is 0 Å². The summed E-state index contributed by atoms with van der Waals surface area (Å²) in [7, 11) is 0. The van der Waals surface area contributed by atoms with Crippen molar-refractivity contribution in [3.63, 3.8) is 0 Å². The molecule has 58 valence electrons. The summed E-state index contributed by atoms with van der Waals surface area (Å²) in [5.74, 6) is 1.05.